The molecule has 0 fully saturated rings. The zero-order chi connectivity index (χ0) is 15.4. The summed E-state index contributed by atoms with van der Waals surface area (Å²) in [5.74, 6) is 0.298. The monoisotopic (exact) mass is 284 g/mol. The highest BCUT2D eigenvalue weighted by Gasteiger charge is 2.16. The van der Waals surface area contributed by atoms with Crippen LogP contribution in [0.3, 0.4) is 0 Å². The van der Waals surface area contributed by atoms with E-state index in [2.05, 4.69) is 5.32 Å². The number of benzene rings is 2. The number of carbonyl (C=O) groups excluding carboxylic acids is 1. The Labute approximate surface area is 124 Å². The summed E-state index contributed by atoms with van der Waals surface area (Å²) < 4.78 is 5.22. The van der Waals surface area contributed by atoms with Crippen LogP contribution in [0.2, 0.25) is 0 Å². The lowest BCUT2D eigenvalue weighted by molar-refractivity contribution is 0.0937. The van der Waals surface area contributed by atoms with Crippen molar-refractivity contribution in [2.75, 3.05) is 12.8 Å². The first-order chi connectivity index (χ1) is 10.0. The van der Waals surface area contributed by atoms with Crippen molar-refractivity contribution in [3.8, 4) is 5.75 Å². The van der Waals surface area contributed by atoms with Gasteiger partial charge in [0, 0.05) is 11.8 Å². The van der Waals surface area contributed by atoms with Crippen molar-refractivity contribution in [2.24, 2.45) is 0 Å². The second-order valence-corrected chi connectivity index (χ2v) is 5.01. The molecule has 3 N–H and O–H groups in total. The number of nitrogens with two attached hydrogens (primary N) is 1. The van der Waals surface area contributed by atoms with E-state index >= 15 is 0 Å². The summed E-state index contributed by atoms with van der Waals surface area (Å²) in [6.45, 7) is 3.99. The maximum absolute atomic E-state index is 12.4. The average Bonchev–Trinajstić information content (AvgIpc) is 2.47. The summed E-state index contributed by atoms with van der Waals surface area (Å²) in [6.07, 6.45) is 0. The summed E-state index contributed by atoms with van der Waals surface area (Å²) in [6, 6.07) is 12.9. The van der Waals surface area contributed by atoms with Crippen molar-refractivity contribution in [1.29, 1.82) is 0 Å². The number of hydrogen-bond donors (Lipinski definition) is 2. The number of rotatable bonds is 4. The Morgan fingerprint density at radius 1 is 1.24 bits per heavy atom. The third kappa shape index (κ3) is 3.34. The van der Waals surface area contributed by atoms with Crippen LogP contribution < -0.4 is 15.8 Å². The summed E-state index contributed by atoms with van der Waals surface area (Å²) >= 11 is 0. The zero-order valence-corrected chi connectivity index (χ0v) is 12.5. The standard InChI is InChI=1S/C17H20N2O2/c1-11-6-4-5-7-14(11)12(2)19-17(20)15-9-8-13(18)10-16(15)21-3/h4-10,12H,18H2,1-3H3,(H,19,20)/t12-/m1/s1. The van der Waals surface area contributed by atoms with E-state index in [0.717, 1.165) is 11.1 Å². The normalized spacial score (nSPS) is 11.8. The molecule has 0 aliphatic rings. The van der Waals surface area contributed by atoms with Crippen molar-refractivity contribution in [3.05, 3.63) is 59.2 Å². The first-order valence-electron chi connectivity index (χ1n) is 6.83. The molecule has 2 rings (SSSR count). The van der Waals surface area contributed by atoms with Crippen LogP contribution >= 0.6 is 0 Å². The van der Waals surface area contributed by atoms with E-state index in [-0.39, 0.29) is 11.9 Å². The molecule has 0 saturated carbocycles. The fourth-order valence-corrected chi connectivity index (χ4v) is 2.32. The fourth-order valence-electron chi connectivity index (χ4n) is 2.32. The number of ether oxygens (including phenoxy) is 1. The highest BCUT2D eigenvalue weighted by Crippen LogP contribution is 2.23. The lowest BCUT2D eigenvalue weighted by Crippen LogP contribution is -2.27. The molecule has 1 amide bonds. The van der Waals surface area contributed by atoms with Crippen molar-refractivity contribution in [1.82, 2.24) is 5.32 Å². The first-order valence-corrected chi connectivity index (χ1v) is 6.83. The van der Waals surface area contributed by atoms with Crippen molar-refractivity contribution in [2.45, 2.75) is 19.9 Å². The zero-order valence-electron chi connectivity index (χ0n) is 12.5. The summed E-state index contributed by atoms with van der Waals surface area (Å²) in [4.78, 5) is 12.4. The smallest absolute Gasteiger partial charge is 0.255 e. The summed E-state index contributed by atoms with van der Waals surface area (Å²) in [7, 11) is 1.52. The number of nitrogen functional groups attached to an aromatic ring is 1. The maximum Gasteiger partial charge on any atom is 0.255 e. The minimum absolute atomic E-state index is 0.0824. The second-order valence-electron chi connectivity index (χ2n) is 5.01. The van der Waals surface area contributed by atoms with E-state index in [9.17, 15) is 4.79 Å². The van der Waals surface area contributed by atoms with Gasteiger partial charge >= 0.3 is 0 Å². The number of aryl methyl sites for hydroxylation is 1. The van der Waals surface area contributed by atoms with Gasteiger partial charge in [0.2, 0.25) is 0 Å². The Balaban J connectivity index is 2.20. The van der Waals surface area contributed by atoms with Gasteiger partial charge in [-0.1, -0.05) is 24.3 Å². The predicted molar refractivity (Wildman–Crippen MR) is 84.5 cm³/mol. The van der Waals surface area contributed by atoms with Gasteiger partial charge in [-0.2, -0.15) is 0 Å². The van der Waals surface area contributed by atoms with Crippen LogP contribution in [0, 0.1) is 6.92 Å². The van der Waals surface area contributed by atoms with Crippen molar-refractivity contribution in [3.63, 3.8) is 0 Å². The number of nitrogens with one attached hydrogen (secondary N) is 1. The fraction of sp³-hybridized carbons (Fsp3) is 0.235. The van der Waals surface area contributed by atoms with Crippen LogP contribution in [-0.2, 0) is 0 Å². The van der Waals surface area contributed by atoms with Crippen LogP contribution in [0.5, 0.6) is 5.75 Å². The van der Waals surface area contributed by atoms with Gasteiger partial charge in [0.1, 0.15) is 5.75 Å². The number of carbonyl (C=O) groups is 1. The molecule has 0 saturated heterocycles. The van der Waals surface area contributed by atoms with Crippen LogP contribution in [-0.4, -0.2) is 13.0 Å². The molecular weight excluding hydrogens is 264 g/mol. The average molecular weight is 284 g/mol. The van der Waals surface area contributed by atoms with E-state index in [1.54, 1.807) is 18.2 Å². The lowest BCUT2D eigenvalue weighted by atomic mass is 10.0. The Kier molecular flexibility index (Phi) is 4.48. The third-order valence-corrected chi connectivity index (χ3v) is 3.47. The molecule has 4 nitrogen and oxygen atoms in total. The molecule has 2 aromatic carbocycles. The van der Waals surface area contributed by atoms with E-state index < -0.39 is 0 Å². The molecule has 0 bridgehead atoms. The molecule has 0 heterocycles. The van der Waals surface area contributed by atoms with Crippen molar-refractivity contribution >= 4 is 11.6 Å². The molecule has 110 valence electrons. The van der Waals surface area contributed by atoms with E-state index in [1.807, 2.05) is 38.1 Å². The molecule has 0 aliphatic heterocycles. The van der Waals surface area contributed by atoms with Gasteiger partial charge in [-0.25, -0.2) is 0 Å². The first kappa shape index (κ1) is 14.9. The summed E-state index contributed by atoms with van der Waals surface area (Å²) in [5.41, 5.74) is 8.99. The Morgan fingerprint density at radius 3 is 2.62 bits per heavy atom. The van der Waals surface area contributed by atoms with Gasteiger partial charge in [0.15, 0.2) is 0 Å². The third-order valence-electron chi connectivity index (χ3n) is 3.47. The highest BCUT2D eigenvalue weighted by atomic mass is 16.5. The molecule has 4 heteroatoms. The van der Waals surface area contributed by atoms with Crippen LogP contribution in [0.1, 0.15) is 34.5 Å². The van der Waals surface area contributed by atoms with Gasteiger partial charge in [-0.05, 0) is 37.1 Å². The number of anilines is 1. The van der Waals surface area contributed by atoms with Crippen LogP contribution in [0.15, 0.2) is 42.5 Å². The molecule has 2 aromatic rings. The molecule has 0 aliphatic carbocycles. The number of methoxy groups -OCH3 is 1. The van der Waals surface area contributed by atoms with Crippen molar-refractivity contribution < 1.29 is 9.53 Å². The van der Waals surface area contributed by atoms with Crippen LogP contribution in [0.4, 0.5) is 5.69 Å². The van der Waals surface area contributed by atoms with E-state index in [4.69, 9.17) is 10.5 Å². The van der Waals surface area contributed by atoms with Crippen LogP contribution in [0.25, 0.3) is 0 Å². The van der Waals surface area contributed by atoms with Gasteiger partial charge in [0.05, 0.1) is 18.7 Å². The Hall–Kier alpha value is -2.49. The molecule has 0 unspecified atom stereocenters. The molecule has 21 heavy (non-hydrogen) atoms. The lowest BCUT2D eigenvalue weighted by Gasteiger charge is -2.17. The summed E-state index contributed by atoms with van der Waals surface area (Å²) in [5, 5.41) is 2.99. The molecule has 1 atom stereocenters. The molecule has 0 spiro atoms. The van der Waals surface area contributed by atoms with Gasteiger partial charge in [0.25, 0.3) is 5.91 Å². The topological polar surface area (TPSA) is 64.3 Å². The number of amides is 1. The second kappa shape index (κ2) is 6.31. The Morgan fingerprint density at radius 2 is 1.95 bits per heavy atom. The maximum atomic E-state index is 12.4. The molecule has 0 aromatic heterocycles. The van der Waals surface area contributed by atoms with Gasteiger partial charge < -0.3 is 15.8 Å². The molecule has 0 radical (unpaired) electrons. The largest absolute Gasteiger partial charge is 0.496 e. The highest BCUT2D eigenvalue weighted by molar-refractivity contribution is 5.97. The van der Waals surface area contributed by atoms with Gasteiger partial charge in [-0.15, -0.1) is 0 Å². The predicted octanol–water partition coefficient (Wildman–Crippen LogP) is 3.08. The molecular formula is C17H20N2O2. The van der Waals surface area contributed by atoms with E-state index in [1.165, 1.54) is 7.11 Å². The number of hydrogen-bond acceptors (Lipinski definition) is 3. The van der Waals surface area contributed by atoms with Gasteiger partial charge in [-0.3, -0.25) is 4.79 Å². The minimum Gasteiger partial charge on any atom is -0.496 e. The Bertz CT molecular complexity index is 653. The SMILES string of the molecule is COc1cc(N)ccc1C(=O)N[C@H](C)c1ccccc1C. The van der Waals surface area contributed by atoms with E-state index in [0.29, 0.717) is 17.0 Å². The minimum atomic E-state index is -0.178. The quantitative estimate of drug-likeness (QED) is 0.848.